The first-order valence-electron chi connectivity index (χ1n) is 12.8. The lowest BCUT2D eigenvalue weighted by molar-refractivity contribution is -0.136. The van der Waals surface area contributed by atoms with Gasteiger partial charge in [-0.3, -0.25) is 14.7 Å². The SMILES string of the molecule is Cc1cccc(CN2CCC(N3CCC(C(=O)N(C)C[C@H]4CCCN(C)C4)CC3)CC2)n1. The van der Waals surface area contributed by atoms with Crippen molar-refractivity contribution in [2.45, 2.75) is 58.0 Å². The minimum absolute atomic E-state index is 0.227. The fourth-order valence-corrected chi connectivity index (χ4v) is 6.08. The van der Waals surface area contributed by atoms with Crippen LogP contribution in [0, 0.1) is 18.8 Å². The standard InChI is InChI=1S/C26H43N5O/c1-21-6-4-8-24(27-21)20-30-14-11-25(12-15-30)31-16-9-23(10-17-31)26(32)29(3)19-22-7-5-13-28(2)18-22/h4,6,8,22-23,25H,5,7,9-20H2,1-3H3/t22-/m0/s1. The molecule has 4 heterocycles. The van der Waals surface area contributed by atoms with E-state index in [0.717, 1.165) is 64.3 Å². The van der Waals surface area contributed by atoms with Gasteiger partial charge in [-0.05, 0) is 90.2 Å². The Bertz CT molecular complexity index is 739. The van der Waals surface area contributed by atoms with Gasteiger partial charge in [-0.2, -0.15) is 0 Å². The molecule has 0 radical (unpaired) electrons. The number of pyridine rings is 1. The minimum Gasteiger partial charge on any atom is -0.345 e. The summed E-state index contributed by atoms with van der Waals surface area (Å²) in [4.78, 5) is 27.4. The monoisotopic (exact) mass is 441 g/mol. The van der Waals surface area contributed by atoms with Gasteiger partial charge in [0.05, 0.1) is 5.69 Å². The lowest BCUT2D eigenvalue weighted by Gasteiger charge is -2.42. The normalized spacial score (nSPS) is 25.2. The third-order valence-corrected chi connectivity index (χ3v) is 7.91. The zero-order valence-electron chi connectivity index (χ0n) is 20.5. The summed E-state index contributed by atoms with van der Waals surface area (Å²) >= 11 is 0. The fourth-order valence-electron chi connectivity index (χ4n) is 6.08. The van der Waals surface area contributed by atoms with Crippen LogP contribution in [0.4, 0.5) is 0 Å². The Morgan fingerprint density at radius 3 is 2.50 bits per heavy atom. The van der Waals surface area contributed by atoms with Crippen molar-refractivity contribution in [3.63, 3.8) is 0 Å². The molecule has 3 aliphatic heterocycles. The lowest BCUT2D eigenvalue weighted by atomic mass is 9.91. The number of carbonyl (C=O) groups excluding carboxylic acids is 1. The summed E-state index contributed by atoms with van der Waals surface area (Å²) in [5.41, 5.74) is 2.29. The van der Waals surface area contributed by atoms with E-state index in [9.17, 15) is 4.79 Å². The zero-order chi connectivity index (χ0) is 22.5. The molecule has 0 aliphatic carbocycles. The number of aryl methyl sites for hydroxylation is 1. The first kappa shape index (κ1) is 23.7. The molecule has 32 heavy (non-hydrogen) atoms. The zero-order valence-corrected chi connectivity index (χ0v) is 20.5. The van der Waals surface area contributed by atoms with Crippen molar-refractivity contribution in [2.24, 2.45) is 11.8 Å². The molecule has 3 saturated heterocycles. The molecule has 1 aromatic heterocycles. The van der Waals surface area contributed by atoms with E-state index in [-0.39, 0.29) is 5.92 Å². The van der Waals surface area contributed by atoms with Crippen LogP contribution in [-0.4, -0.2) is 96.4 Å². The quantitative estimate of drug-likeness (QED) is 0.679. The van der Waals surface area contributed by atoms with Gasteiger partial charge in [0.25, 0.3) is 0 Å². The van der Waals surface area contributed by atoms with Crippen molar-refractivity contribution in [2.75, 3.05) is 59.9 Å². The van der Waals surface area contributed by atoms with Crippen molar-refractivity contribution < 1.29 is 4.79 Å². The van der Waals surface area contributed by atoms with E-state index >= 15 is 0 Å². The summed E-state index contributed by atoms with van der Waals surface area (Å²) in [5.74, 6) is 1.26. The number of likely N-dealkylation sites (tertiary alicyclic amines) is 3. The molecule has 0 bridgehead atoms. The van der Waals surface area contributed by atoms with Gasteiger partial charge in [-0.25, -0.2) is 0 Å². The van der Waals surface area contributed by atoms with E-state index in [1.165, 1.54) is 37.9 Å². The highest BCUT2D eigenvalue weighted by atomic mass is 16.2. The van der Waals surface area contributed by atoms with Gasteiger partial charge >= 0.3 is 0 Å². The van der Waals surface area contributed by atoms with Gasteiger partial charge in [-0.1, -0.05) is 6.07 Å². The summed E-state index contributed by atoms with van der Waals surface area (Å²) in [7, 11) is 4.23. The Morgan fingerprint density at radius 2 is 1.81 bits per heavy atom. The number of rotatable bonds is 6. The Labute approximate surface area is 194 Å². The topological polar surface area (TPSA) is 42.9 Å². The average molecular weight is 442 g/mol. The van der Waals surface area contributed by atoms with Gasteiger partial charge in [0.2, 0.25) is 5.91 Å². The van der Waals surface area contributed by atoms with E-state index in [0.29, 0.717) is 17.9 Å². The largest absolute Gasteiger partial charge is 0.345 e. The number of carbonyl (C=O) groups is 1. The highest BCUT2D eigenvalue weighted by Gasteiger charge is 2.32. The smallest absolute Gasteiger partial charge is 0.225 e. The Kier molecular flexibility index (Phi) is 8.19. The predicted molar refractivity (Wildman–Crippen MR) is 129 cm³/mol. The van der Waals surface area contributed by atoms with Crippen molar-refractivity contribution in [1.82, 2.24) is 24.6 Å². The molecule has 6 heteroatoms. The maximum absolute atomic E-state index is 13.1. The number of amides is 1. The highest BCUT2D eigenvalue weighted by Crippen LogP contribution is 2.26. The van der Waals surface area contributed by atoms with Crippen LogP contribution in [0.3, 0.4) is 0 Å². The molecule has 3 aliphatic rings. The van der Waals surface area contributed by atoms with E-state index in [2.05, 4.69) is 51.9 Å². The van der Waals surface area contributed by atoms with Crippen LogP contribution in [0.2, 0.25) is 0 Å². The summed E-state index contributed by atoms with van der Waals surface area (Å²) in [6.07, 6.45) is 7.06. The van der Waals surface area contributed by atoms with Crippen LogP contribution in [0.15, 0.2) is 18.2 Å². The van der Waals surface area contributed by atoms with Crippen molar-refractivity contribution in [3.8, 4) is 0 Å². The number of piperidine rings is 3. The van der Waals surface area contributed by atoms with Gasteiger partial charge in [0, 0.05) is 57.4 Å². The molecule has 178 valence electrons. The van der Waals surface area contributed by atoms with Crippen LogP contribution in [0.1, 0.15) is 49.9 Å². The number of hydrogen-bond donors (Lipinski definition) is 0. The summed E-state index contributed by atoms with van der Waals surface area (Å²) in [5, 5.41) is 0. The van der Waals surface area contributed by atoms with Crippen LogP contribution >= 0.6 is 0 Å². The highest BCUT2D eigenvalue weighted by molar-refractivity contribution is 5.78. The van der Waals surface area contributed by atoms with Crippen molar-refractivity contribution in [3.05, 3.63) is 29.6 Å². The van der Waals surface area contributed by atoms with Crippen LogP contribution < -0.4 is 0 Å². The maximum atomic E-state index is 13.1. The lowest BCUT2D eigenvalue weighted by Crippen LogP contribution is -2.49. The molecule has 6 nitrogen and oxygen atoms in total. The molecule has 0 unspecified atom stereocenters. The van der Waals surface area contributed by atoms with Gasteiger partial charge in [0.15, 0.2) is 0 Å². The van der Waals surface area contributed by atoms with Gasteiger partial charge < -0.3 is 14.7 Å². The molecule has 0 aromatic carbocycles. The summed E-state index contributed by atoms with van der Waals surface area (Å²) in [6, 6.07) is 7.00. The molecular weight excluding hydrogens is 398 g/mol. The Morgan fingerprint density at radius 1 is 1.06 bits per heavy atom. The fraction of sp³-hybridized carbons (Fsp3) is 0.769. The second kappa shape index (κ2) is 11.1. The predicted octanol–water partition coefficient (Wildman–Crippen LogP) is 2.87. The van der Waals surface area contributed by atoms with Gasteiger partial charge in [0.1, 0.15) is 0 Å². The second-order valence-corrected chi connectivity index (χ2v) is 10.6. The Balaban J connectivity index is 1.17. The molecule has 0 spiro atoms. The summed E-state index contributed by atoms with van der Waals surface area (Å²) in [6.45, 7) is 10.8. The average Bonchev–Trinajstić information content (AvgIpc) is 2.79. The van der Waals surface area contributed by atoms with E-state index < -0.39 is 0 Å². The Hall–Kier alpha value is -1.50. The molecule has 4 rings (SSSR count). The molecule has 1 amide bonds. The molecule has 0 N–H and O–H groups in total. The number of nitrogens with zero attached hydrogens (tertiary/aromatic N) is 5. The first-order valence-corrected chi connectivity index (χ1v) is 12.8. The van der Waals surface area contributed by atoms with Crippen molar-refractivity contribution in [1.29, 1.82) is 0 Å². The summed E-state index contributed by atoms with van der Waals surface area (Å²) < 4.78 is 0. The molecular formula is C26H43N5O. The van der Waals surface area contributed by atoms with E-state index in [4.69, 9.17) is 0 Å². The third-order valence-electron chi connectivity index (χ3n) is 7.91. The third kappa shape index (κ3) is 6.30. The van der Waals surface area contributed by atoms with E-state index in [1.807, 2.05) is 11.9 Å². The van der Waals surface area contributed by atoms with Crippen LogP contribution in [-0.2, 0) is 11.3 Å². The second-order valence-electron chi connectivity index (χ2n) is 10.6. The minimum atomic E-state index is 0.227. The molecule has 1 atom stereocenters. The first-order chi connectivity index (χ1) is 15.5. The van der Waals surface area contributed by atoms with Crippen molar-refractivity contribution >= 4 is 5.91 Å². The number of aromatic nitrogens is 1. The van der Waals surface area contributed by atoms with Gasteiger partial charge in [-0.15, -0.1) is 0 Å². The number of hydrogen-bond acceptors (Lipinski definition) is 5. The van der Waals surface area contributed by atoms with Crippen LogP contribution in [0.25, 0.3) is 0 Å². The van der Waals surface area contributed by atoms with E-state index in [1.54, 1.807) is 0 Å². The molecule has 1 aromatic rings. The maximum Gasteiger partial charge on any atom is 0.225 e. The van der Waals surface area contributed by atoms with Crippen LogP contribution in [0.5, 0.6) is 0 Å². The molecule has 3 fully saturated rings. The molecule has 0 saturated carbocycles.